The first-order valence-corrected chi connectivity index (χ1v) is 5.14. The second-order valence-electron chi connectivity index (χ2n) is 4.02. The minimum atomic E-state index is -0.408. The Balaban J connectivity index is 2.36. The molecule has 0 saturated heterocycles. The summed E-state index contributed by atoms with van der Waals surface area (Å²) in [7, 11) is 1.91. The fourth-order valence-electron chi connectivity index (χ4n) is 2.07. The molecule has 0 radical (unpaired) electrons. The summed E-state index contributed by atoms with van der Waals surface area (Å²) in [5, 5.41) is 13.2. The lowest BCUT2D eigenvalue weighted by Gasteiger charge is -2.29. The molecule has 0 atom stereocenters. The van der Waals surface area contributed by atoms with E-state index in [0.717, 1.165) is 19.4 Å². The second-order valence-corrected chi connectivity index (χ2v) is 4.02. The van der Waals surface area contributed by atoms with Gasteiger partial charge in [-0.15, -0.1) is 0 Å². The molecule has 0 aromatic heterocycles. The monoisotopic (exact) mass is 171 g/mol. The summed E-state index contributed by atoms with van der Waals surface area (Å²) in [4.78, 5) is 0. The molecule has 2 nitrogen and oxygen atoms in total. The van der Waals surface area contributed by atoms with Gasteiger partial charge in [0, 0.05) is 6.54 Å². The zero-order valence-electron chi connectivity index (χ0n) is 8.10. The van der Waals surface area contributed by atoms with E-state index in [0.29, 0.717) is 0 Å². The first-order valence-electron chi connectivity index (χ1n) is 5.14. The minimum Gasteiger partial charge on any atom is -0.389 e. The van der Waals surface area contributed by atoms with E-state index in [1.54, 1.807) is 0 Å². The molecule has 0 unspecified atom stereocenters. The van der Waals surface area contributed by atoms with Gasteiger partial charge in [-0.3, -0.25) is 0 Å². The summed E-state index contributed by atoms with van der Waals surface area (Å²) in [6.07, 6.45) is 8.30. The first-order chi connectivity index (χ1) is 5.77. The largest absolute Gasteiger partial charge is 0.389 e. The fraction of sp³-hybridized carbons (Fsp3) is 1.00. The van der Waals surface area contributed by atoms with Crippen LogP contribution in [0.4, 0.5) is 0 Å². The van der Waals surface area contributed by atoms with E-state index in [-0.39, 0.29) is 0 Å². The SMILES string of the molecule is CNCC1(O)CCCCCCC1. The standard InChI is InChI=1S/C10H21NO/c1-11-9-10(12)7-5-3-2-4-6-8-10/h11-12H,2-9H2,1H3. The Labute approximate surface area is 75.4 Å². The van der Waals surface area contributed by atoms with Crippen molar-refractivity contribution in [2.24, 2.45) is 0 Å². The molecule has 1 aliphatic rings. The fourth-order valence-corrected chi connectivity index (χ4v) is 2.07. The Morgan fingerprint density at radius 3 is 2.08 bits per heavy atom. The number of aliphatic hydroxyl groups is 1. The third kappa shape index (κ3) is 3.11. The van der Waals surface area contributed by atoms with Crippen LogP contribution in [0.2, 0.25) is 0 Å². The molecule has 12 heavy (non-hydrogen) atoms. The zero-order chi connectivity index (χ0) is 8.86. The molecule has 0 aliphatic heterocycles. The van der Waals surface area contributed by atoms with Crippen molar-refractivity contribution in [2.45, 2.75) is 50.5 Å². The molecule has 0 aromatic carbocycles. The molecule has 0 heterocycles. The lowest BCUT2D eigenvalue weighted by Crippen LogP contribution is -2.39. The highest BCUT2D eigenvalue weighted by molar-refractivity contribution is 4.81. The van der Waals surface area contributed by atoms with Gasteiger partial charge >= 0.3 is 0 Å². The zero-order valence-corrected chi connectivity index (χ0v) is 8.10. The summed E-state index contributed by atoms with van der Waals surface area (Å²) in [6.45, 7) is 0.757. The van der Waals surface area contributed by atoms with Crippen LogP contribution < -0.4 is 5.32 Å². The van der Waals surface area contributed by atoms with E-state index >= 15 is 0 Å². The molecule has 2 N–H and O–H groups in total. The molecule has 0 spiro atoms. The van der Waals surface area contributed by atoms with Crippen LogP contribution >= 0.6 is 0 Å². The van der Waals surface area contributed by atoms with E-state index in [1.807, 2.05) is 7.05 Å². The van der Waals surface area contributed by atoms with Gasteiger partial charge in [0.05, 0.1) is 5.60 Å². The van der Waals surface area contributed by atoms with E-state index in [2.05, 4.69) is 5.32 Å². The van der Waals surface area contributed by atoms with Crippen LogP contribution in [0.15, 0.2) is 0 Å². The van der Waals surface area contributed by atoms with Gasteiger partial charge in [0.2, 0.25) is 0 Å². The number of rotatable bonds is 2. The van der Waals surface area contributed by atoms with Gasteiger partial charge in [-0.25, -0.2) is 0 Å². The van der Waals surface area contributed by atoms with E-state index in [9.17, 15) is 5.11 Å². The average Bonchev–Trinajstić information content (AvgIpc) is 1.99. The number of likely N-dealkylation sites (N-methyl/N-ethyl adjacent to an activating group) is 1. The van der Waals surface area contributed by atoms with Crippen molar-refractivity contribution in [3.05, 3.63) is 0 Å². The van der Waals surface area contributed by atoms with Gasteiger partial charge in [0.15, 0.2) is 0 Å². The first kappa shape index (κ1) is 10.0. The Morgan fingerprint density at radius 1 is 1.08 bits per heavy atom. The van der Waals surface area contributed by atoms with Crippen molar-refractivity contribution >= 4 is 0 Å². The molecule has 2 heteroatoms. The maximum atomic E-state index is 10.1. The molecular weight excluding hydrogens is 150 g/mol. The lowest BCUT2D eigenvalue weighted by molar-refractivity contribution is 0.0164. The average molecular weight is 171 g/mol. The predicted octanol–water partition coefficient (Wildman–Crippen LogP) is 1.68. The molecule has 0 bridgehead atoms. The normalized spacial score (nSPS) is 24.5. The van der Waals surface area contributed by atoms with Crippen molar-refractivity contribution in [2.75, 3.05) is 13.6 Å². The molecular formula is C10H21NO. The predicted molar refractivity (Wildman–Crippen MR) is 51.2 cm³/mol. The third-order valence-electron chi connectivity index (χ3n) is 2.79. The van der Waals surface area contributed by atoms with Crippen LogP contribution in [0, 0.1) is 0 Å². The third-order valence-corrected chi connectivity index (χ3v) is 2.79. The van der Waals surface area contributed by atoms with Gasteiger partial charge in [-0.2, -0.15) is 0 Å². The number of hydrogen-bond acceptors (Lipinski definition) is 2. The molecule has 1 aliphatic carbocycles. The van der Waals surface area contributed by atoms with Crippen LogP contribution in [-0.2, 0) is 0 Å². The Bertz CT molecular complexity index is 117. The van der Waals surface area contributed by atoms with Crippen LogP contribution in [-0.4, -0.2) is 24.3 Å². The molecule has 1 fully saturated rings. The topological polar surface area (TPSA) is 32.3 Å². The molecule has 1 rings (SSSR count). The summed E-state index contributed by atoms with van der Waals surface area (Å²) in [5.41, 5.74) is -0.408. The van der Waals surface area contributed by atoms with Crippen molar-refractivity contribution < 1.29 is 5.11 Å². The Morgan fingerprint density at radius 2 is 1.58 bits per heavy atom. The van der Waals surface area contributed by atoms with Gasteiger partial charge in [-0.05, 0) is 19.9 Å². The van der Waals surface area contributed by atoms with Gasteiger partial charge in [0.1, 0.15) is 0 Å². The smallest absolute Gasteiger partial charge is 0.0771 e. The number of nitrogens with one attached hydrogen (secondary N) is 1. The Hall–Kier alpha value is -0.0800. The van der Waals surface area contributed by atoms with E-state index in [4.69, 9.17) is 0 Å². The number of hydrogen-bond donors (Lipinski definition) is 2. The van der Waals surface area contributed by atoms with Crippen molar-refractivity contribution in [1.29, 1.82) is 0 Å². The molecule has 0 amide bonds. The molecule has 72 valence electrons. The van der Waals surface area contributed by atoms with Gasteiger partial charge < -0.3 is 10.4 Å². The van der Waals surface area contributed by atoms with E-state index < -0.39 is 5.60 Å². The summed E-state index contributed by atoms with van der Waals surface area (Å²) < 4.78 is 0. The van der Waals surface area contributed by atoms with Crippen LogP contribution in [0.3, 0.4) is 0 Å². The van der Waals surface area contributed by atoms with Gasteiger partial charge in [0.25, 0.3) is 0 Å². The van der Waals surface area contributed by atoms with Crippen LogP contribution in [0.25, 0.3) is 0 Å². The maximum Gasteiger partial charge on any atom is 0.0771 e. The highest BCUT2D eigenvalue weighted by Crippen LogP contribution is 2.25. The van der Waals surface area contributed by atoms with Crippen molar-refractivity contribution in [1.82, 2.24) is 5.32 Å². The molecule has 0 aromatic rings. The maximum absolute atomic E-state index is 10.1. The second kappa shape index (κ2) is 4.83. The van der Waals surface area contributed by atoms with E-state index in [1.165, 1.54) is 32.1 Å². The van der Waals surface area contributed by atoms with Crippen LogP contribution in [0.1, 0.15) is 44.9 Å². The van der Waals surface area contributed by atoms with Crippen LogP contribution in [0.5, 0.6) is 0 Å². The van der Waals surface area contributed by atoms with Gasteiger partial charge in [-0.1, -0.05) is 32.1 Å². The quantitative estimate of drug-likeness (QED) is 0.662. The summed E-state index contributed by atoms with van der Waals surface area (Å²) in [6, 6.07) is 0. The minimum absolute atomic E-state index is 0.408. The Kier molecular flexibility index (Phi) is 4.02. The highest BCUT2D eigenvalue weighted by Gasteiger charge is 2.25. The highest BCUT2D eigenvalue weighted by atomic mass is 16.3. The summed E-state index contributed by atoms with van der Waals surface area (Å²) in [5.74, 6) is 0. The lowest BCUT2D eigenvalue weighted by atomic mass is 9.87. The molecule has 1 saturated carbocycles. The van der Waals surface area contributed by atoms with Crippen molar-refractivity contribution in [3.63, 3.8) is 0 Å². The van der Waals surface area contributed by atoms with Crippen molar-refractivity contribution in [3.8, 4) is 0 Å². The summed E-state index contributed by atoms with van der Waals surface area (Å²) >= 11 is 0.